The Kier molecular flexibility index (Phi) is 10.4. The Hall–Kier alpha value is -3.75. The van der Waals surface area contributed by atoms with Gasteiger partial charge in [0.25, 0.3) is 5.91 Å². The lowest BCUT2D eigenvalue weighted by atomic mass is 9.93. The Morgan fingerprint density at radius 1 is 0.688 bits per heavy atom. The van der Waals surface area contributed by atoms with Gasteiger partial charge < -0.3 is 4.74 Å². The summed E-state index contributed by atoms with van der Waals surface area (Å²) >= 11 is 0. The van der Waals surface area contributed by atoms with Gasteiger partial charge >= 0.3 is 0 Å². The molecule has 1 aliphatic heterocycles. The fourth-order valence-electron chi connectivity index (χ4n) is 8.23. The molecule has 0 bridgehead atoms. The van der Waals surface area contributed by atoms with Gasteiger partial charge in [0, 0.05) is 11.1 Å². The zero-order chi connectivity index (χ0) is 32.9. The Balaban J connectivity index is 1.38. The van der Waals surface area contributed by atoms with Crippen molar-refractivity contribution in [2.24, 2.45) is 4.99 Å². The highest BCUT2D eigenvalue weighted by molar-refractivity contribution is 7.67. The van der Waals surface area contributed by atoms with E-state index in [1.165, 1.54) is 69.5 Å². The molecule has 48 heavy (non-hydrogen) atoms. The van der Waals surface area contributed by atoms with Crippen LogP contribution in [0.25, 0.3) is 0 Å². The van der Waals surface area contributed by atoms with Crippen molar-refractivity contribution in [3.63, 3.8) is 0 Å². The zero-order valence-corrected chi connectivity index (χ0v) is 29.4. The Morgan fingerprint density at radius 3 is 1.81 bits per heavy atom. The van der Waals surface area contributed by atoms with Gasteiger partial charge in [-0.25, -0.2) is 0 Å². The highest BCUT2D eigenvalue weighted by Gasteiger charge is 2.44. The summed E-state index contributed by atoms with van der Waals surface area (Å²) in [5, 5.41) is 1.46. The minimum Gasteiger partial charge on any atom is -0.491 e. The Bertz CT molecular complexity index is 1660. The molecule has 5 heteroatoms. The average Bonchev–Trinajstić information content (AvgIpc) is 3.54. The third kappa shape index (κ3) is 7.01. The number of nitrogens with zero attached hydrogens (tertiary/aromatic N) is 2. The highest BCUT2D eigenvalue weighted by atomic mass is 31.1. The van der Waals surface area contributed by atoms with E-state index >= 15 is 4.79 Å². The second-order valence-corrected chi connectivity index (χ2v) is 16.8. The van der Waals surface area contributed by atoms with Crippen LogP contribution in [0.3, 0.4) is 0 Å². The molecule has 0 saturated heterocycles. The second-order valence-electron chi connectivity index (χ2n) is 14.0. The van der Waals surface area contributed by atoms with Crippen LogP contribution in [-0.2, 0) is 0 Å². The summed E-state index contributed by atoms with van der Waals surface area (Å²) in [5.74, 6) is 1.57. The van der Waals surface area contributed by atoms with Gasteiger partial charge in [0.2, 0.25) is 0 Å². The molecule has 4 nitrogen and oxygen atoms in total. The van der Waals surface area contributed by atoms with Crippen molar-refractivity contribution in [1.82, 2.24) is 4.90 Å². The number of carbonyl (C=O) groups is 1. The number of carbonyl (C=O) groups excluding carboxylic acids is 1. The number of rotatable bonds is 9. The van der Waals surface area contributed by atoms with Crippen molar-refractivity contribution in [2.45, 2.75) is 108 Å². The van der Waals surface area contributed by atoms with Crippen molar-refractivity contribution in [2.75, 3.05) is 0 Å². The molecule has 0 aromatic heterocycles. The first-order valence-electron chi connectivity index (χ1n) is 18.2. The first-order valence-corrected chi connectivity index (χ1v) is 19.7. The predicted octanol–water partition coefficient (Wildman–Crippen LogP) is 10.6. The van der Waals surface area contributed by atoms with Crippen LogP contribution >= 0.6 is 7.92 Å². The molecule has 4 aromatic rings. The molecule has 0 N–H and O–H groups in total. The molecule has 2 atom stereocenters. The van der Waals surface area contributed by atoms with Gasteiger partial charge in [-0.15, -0.1) is 0 Å². The molecular weight excluding hydrogens is 607 g/mol. The van der Waals surface area contributed by atoms with Gasteiger partial charge in [-0.2, -0.15) is 0 Å². The van der Waals surface area contributed by atoms with E-state index < -0.39 is 7.92 Å². The number of amidine groups is 1. The maximum absolute atomic E-state index is 15.0. The SMILES string of the molecule is CC(C)Oc1ccc(C(=O)N2C(c3ccccc3P(C3CCCCC3)C3CCCCC3)=N[C@@H](c3ccccc3)[C@@H]2c2ccccc2)cc1. The van der Waals surface area contributed by atoms with Crippen molar-refractivity contribution in [1.29, 1.82) is 0 Å². The molecule has 1 amide bonds. The predicted molar refractivity (Wildman–Crippen MR) is 200 cm³/mol. The van der Waals surface area contributed by atoms with Crippen molar-refractivity contribution in [3.8, 4) is 5.75 Å². The van der Waals surface area contributed by atoms with Crippen LogP contribution in [0.1, 0.15) is 117 Å². The molecule has 2 aliphatic carbocycles. The molecule has 4 aromatic carbocycles. The van der Waals surface area contributed by atoms with E-state index in [4.69, 9.17) is 9.73 Å². The molecule has 7 rings (SSSR count). The number of hydrogen-bond donors (Lipinski definition) is 0. The first kappa shape index (κ1) is 32.8. The minimum absolute atomic E-state index is 0.0217. The molecule has 2 fully saturated rings. The number of amides is 1. The summed E-state index contributed by atoms with van der Waals surface area (Å²) in [6.07, 6.45) is 13.5. The lowest BCUT2D eigenvalue weighted by molar-refractivity contribution is 0.0805. The third-order valence-electron chi connectivity index (χ3n) is 10.4. The van der Waals surface area contributed by atoms with Crippen molar-refractivity contribution < 1.29 is 9.53 Å². The highest BCUT2D eigenvalue weighted by Crippen LogP contribution is 2.56. The van der Waals surface area contributed by atoms with E-state index in [9.17, 15) is 0 Å². The van der Waals surface area contributed by atoms with Crippen LogP contribution in [0.15, 0.2) is 114 Å². The molecular formula is C43H49N2O2P. The van der Waals surface area contributed by atoms with Crippen LogP contribution in [0.4, 0.5) is 0 Å². The summed E-state index contributed by atoms with van der Waals surface area (Å²) in [6.45, 7) is 4.04. The zero-order valence-electron chi connectivity index (χ0n) is 28.5. The second kappa shape index (κ2) is 15.2. The lowest BCUT2D eigenvalue weighted by Crippen LogP contribution is -2.40. The van der Waals surface area contributed by atoms with Crippen molar-refractivity contribution in [3.05, 3.63) is 131 Å². The first-order chi connectivity index (χ1) is 23.6. The standard InChI is InChI=1S/C43H49N2O2P/c1-31(2)47-35-29-27-34(28-30-35)43(46)45-41(33-19-9-4-10-20-33)40(32-17-7-3-8-18-32)44-42(45)38-25-15-16-26-39(38)48(36-21-11-5-12-22-36)37-23-13-6-14-24-37/h3-4,7-10,15-20,25-31,36-37,40-41H,5-6,11-14,21-24H2,1-2H3/t40-,41-/m0/s1. The summed E-state index contributed by atoms with van der Waals surface area (Å²) in [4.78, 5) is 22.7. The van der Waals surface area contributed by atoms with E-state index in [1.54, 1.807) is 0 Å². The number of benzene rings is 4. The number of ether oxygens (including phenoxy) is 1. The quantitative estimate of drug-likeness (QED) is 0.168. The van der Waals surface area contributed by atoms with E-state index in [0.717, 1.165) is 39.6 Å². The molecule has 2 saturated carbocycles. The summed E-state index contributed by atoms with van der Waals surface area (Å²) < 4.78 is 5.94. The normalized spacial score (nSPS) is 20.7. The summed E-state index contributed by atoms with van der Waals surface area (Å²) in [6, 6.07) is 37.3. The summed E-state index contributed by atoms with van der Waals surface area (Å²) in [5.41, 5.74) is 5.51. The third-order valence-corrected chi connectivity index (χ3v) is 14.0. The van der Waals surface area contributed by atoms with Gasteiger partial charge in [-0.05, 0) is 91.5 Å². The molecule has 0 radical (unpaired) electrons. The van der Waals surface area contributed by atoms with Gasteiger partial charge in [-0.3, -0.25) is 14.7 Å². The monoisotopic (exact) mass is 656 g/mol. The fourth-order valence-corrected chi connectivity index (χ4v) is 12.2. The minimum atomic E-state index is -0.407. The van der Waals surface area contributed by atoms with Gasteiger partial charge in [0.15, 0.2) is 0 Å². The average molecular weight is 657 g/mol. The van der Waals surface area contributed by atoms with Crippen molar-refractivity contribution >= 4 is 25.0 Å². The molecule has 0 unspecified atom stereocenters. The smallest absolute Gasteiger partial charge is 0.260 e. The Labute approximate surface area is 288 Å². The summed E-state index contributed by atoms with van der Waals surface area (Å²) in [7, 11) is -0.407. The van der Waals surface area contributed by atoms with Crippen LogP contribution in [0.5, 0.6) is 5.75 Å². The molecule has 1 heterocycles. The topological polar surface area (TPSA) is 41.9 Å². The van der Waals surface area contributed by atoms with E-state index in [2.05, 4.69) is 78.9 Å². The lowest BCUT2D eigenvalue weighted by Gasteiger charge is -2.40. The van der Waals surface area contributed by atoms with E-state index in [0.29, 0.717) is 5.56 Å². The number of aliphatic imine (C=N–C) groups is 1. The molecule has 248 valence electrons. The van der Waals surface area contributed by atoms with Crippen LogP contribution in [0, 0.1) is 0 Å². The maximum atomic E-state index is 15.0. The maximum Gasteiger partial charge on any atom is 0.260 e. The van der Waals surface area contributed by atoms with Gasteiger partial charge in [0.05, 0.1) is 12.1 Å². The van der Waals surface area contributed by atoms with Gasteiger partial charge in [-0.1, -0.05) is 131 Å². The van der Waals surface area contributed by atoms with E-state index in [-0.39, 0.29) is 24.1 Å². The van der Waals surface area contributed by atoms with E-state index in [1.807, 2.05) is 49.1 Å². The molecule has 3 aliphatic rings. The van der Waals surface area contributed by atoms with Crippen LogP contribution in [-0.4, -0.2) is 34.1 Å². The Morgan fingerprint density at radius 2 is 1.23 bits per heavy atom. The largest absolute Gasteiger partial charge is 0.491 e. The van der Waals surface area contributed by atoms with Crippen LogP contribution in [0.2, 0.25) is 0 Å². The number of hydrogen-bond acceptors (Lipinski definition) is 3. The fraction of sp³-hybridized carbons (Fsp3) is 0.395. The molecule has 0 spiro atoms. The van der Waals surface area contributed by atoms with Crippen LogP contribution < -0.4 is 10.0 Å². The van der Waals surface area contributed by atoms with Gasteiger partial charge in [0.1, 0.15) is 17.6 Å².